The van der Waals surface area contributed by atoms with Gasteiger partial charge in [0.2, 0.25) is 5.91 Å². The lowest BCUT2D eigenvalue weighted by Gasteiger charge is -2.34. The Hall–Kier alpha value is -2.77. The SMILES string of the molecule is CC(C(=O)NC(=O)NCc1ccccc1)N1CCC(c2nc3ccccc3s2)CC1. The number of benzene rings is 2. The van der Waals surface area contributed by atoms with Crippen molar-refractivity contribution in [1.29, 1.82) is 0 Å². The van der Waals surface area contributed by atoms with E-state index >= 15 is 0 Å². The highest BCUT2D eigenvalue weighted by atomic mass is 32.1. The molecule has 0 bridgehead atoms. The highest BCUT2D eigenvalue weighted by Crippen LogP contribution is 2.34. The zero-order chi connectivity index (χ0) is 20.9. The minimum absolute atomic E-state index is 0.265. The van der Waals surface area contributed by atoms with Gasteiger partial charge in [-0.3, -0.25) is 15.0 Å². The highest BCUT2D eigenvalue weighted by molar-refractivity contribution is 7.18. The molecule has 3 aromatic rings. The Morgan fingerprint density at radius 3 is 2.53 bits per heavy atom. The molecule has 1 atom stereocenters. The molecule has 2 aromatic carbocycles. The number of thiazole rings is 1. The average molecular weight is 423 g/mol. The number of imide groups is 1. The summed E-state index contributed by atoms with van der Waals surface area (Å²) >= 11 is 1.77. The van der Waals surface area contributed by atoms with Crippen LogP contribution < -0.4 is 10.6 Å². The maximum atomic E-state index is 12.5. The van der Waals surface area contributed by atoms with Gasteiger partial charge in [0.25, 0.3) is 0 Å². The summed E-state index contributed by atoms with van der Waals surface area (Å²) in [6.45, 7) is 3.89. The van der Waals surface area contributed by atoms with Gasteiger partial charge in [0.1, 0.15) is 0 Å². The van der Waals surface area contributed by atoms with Gasteiger partial charge in [0.15, 0.2) is 0 Å². The molecule has 2 N–H and O–H groups in total. The van der Waals surface area contributed by atoms with Gasteiger partial charge < -0.3 is 5.32 Å². The van der Waals surface area contributed by atoms with Crippen LogP contribution in [0.1, 0.15) is 36.3 Å². The monoisotopic (exact) mass is 422 g/mol. The second-order valence-corrected chi connectivity index (χ2v) is 8.73. The number of nitrogens with one attached hydrogen (secondary N) is 2. The zero-order valence-electron chi connectivity index (χ0n) is 17.0. The summed E-state index contributed by atoms with van der Waals surface area (Å²) in [5.41, 5.74) is 2.05. The van der Waals surface area contributed by atoms with E-state index in [-0.39, 0.29) is 11.9 Å². The number of rotatable bonds is 5. The number of nitrogens with zero attached hydrogens (tertiary/aromatic N) is 2. The molecule has 1 aliphatic rings. The van der Waals surface area contributed by atoms with Crippen molar-refractivity contribution >= 4 is 33.5 Å². The number of hydrogen-bond acceptors (Lipinski definition) is 5. The number of likely N-dealkylation sites (tertiary alicyclic amines) is 1. The Bertz CT molecular complexity index is 979. The summed E-state index contributed by atoms with van der Waals surface area (Å²) in [5, 5.41) is 6.39. The van der Waals surface area contributed by atoms with E-state index in [0.29, 0.717) is 12.5 Å². The minimum atomic E-state index is -0.458. The number of carbonyl (C=O) groups is 2. The number of hydrogen-bond donors (Lipinski definition) is 2. The van der Waals surface area contributed by atoms with Crippen LogP contribution in [0.5, 0.6) is 0 Å². The lowest BCUT2D eigenvalue weighted by Crippen LogP contribution is -2.51. The molecule has 7 heteroatoms. The maximum absolute atomic E-state index is 12.5. The molecule has 0 aliphatic carbocycles. The summed E-state index contributed by atoms with van der Waals surface area (Å²) in [6.07, 6.45) is 1.94. The Morgan fingerprint density at radius 1 is 1.10 bits per heavy atom. The molecule has 2 heterocycles. The van der Waals surface area contributed by atoms with E-state index in [2.05, 4.69) is 27.7 Å². The summed E-state index contributed by atoms with van der Waals surface area (Å²) in [5.74, 6) is 0.169. The van der Waals surface area contributed by atoms with Crippen molar-refractivity contribution in [3.8, 4) is 0 Å². The zero-order valence-corrected chi connectivity index (χ0v) is 17.8. The molecule has 0 radical (unpaired) electrons. The third-order valence-corrected chi connectivity index (χ3v) is 6.85. The number of urea groups is 1. The second kappa shape index (κ2) is 9.36. The molecule has 30 heavy (non-hydrogen) atoms. The van der Waals surface area contributed by atoms with E-state index in [0.717, 1.165) is 37.0 Å². The molecular formula is C23H26N4O2S. The molecule has 3 amide bonds. The lowest BCUT2D eigenvalue weighted by atomic mass is 9.96. The van der Waals surface area contributed by atoms with Gasteiger partial charge in [-0.15, -0.1) is 11.3 Å². The molecule has 1 unspecified atom stereocenters. The minimum Gasteiger partial charge on any atom is -0.334 e. The Morgan fingerprint density at radius 2 is 1.80 bits per heavy atom. The van der Waals surface area contributed by atoms with Crippen LogP contribution in [0, 0.1) is 0 Å². The van der Waals surface area contributed by atoms with Gasteiger partial charge in [-0.05, 0) is 50.6 Å². The van der Waals surface area contributed by atoms with Crippen LogP contribution in [-0.2, 0) is 11.3 Å². The predicted octanol–water partition coefficient (Wildman–Crippen LogP) is 3.89. The first-order valence-electron chi connectivity index (χ1n) is 10.3. The van der Waals surface area contributed by atoms with Crippen LogP contribution >= 0.6 is 11.3 Å². The fraction of sp³-hybridized carbons (Fsp3) is 0.348. The van der Waals surface area contributed by atoms with Gasteiger partial charge in [-0.25, -0.2) is 9.78 Å². The first-order chi connectivity index (χ1) is 14.6. The van der Waals surface area contributed by atoms with Gasteiger partial charge in [-0.2, -0.15) is 0 Å². The van der Waals surface area contributed by atoms with E-state index in [9.17, 15) is 9.59 Å². The third kappa shape index (κ3) is 4.86. The number of carbonyl (C=O) groups excluding carboxylic acids is 2. The second-order valence-electron chi connectivity index (χ2n) is 7.66. The Kier molecular flexibility index (Phi) is 6.40. The quantitative estimate of drug-likeness (QED) is 0.654. The highest BCUT2D eigenvalue weighted by Gasteiger charge is 2.29. The molecule has 6 nitrogen and oxygen atoms in total. The standard InChI is InChI=1S/C23H26N4O2S/c1-16(21(28)26-23(29)24-15-17-7-3-2-4-8-17)27-13-11-18(12-14-27)22-25-19-9-5-6-10-20(19)30-22/h2-10,16,18H,11-15H2,1H3,(H2,24,26,28,29). The largest absolute Gasteiger partial charge is 0.334 e. The van der Waals surface area contributed by atoms with Crippen LogP contribution in [-0.4, -0.2) is 41.0 Å². The molecule has 1 fully saturated rings. The first-order valence-corrected chi connectivity index (χ1v) is 11.1. The predicted molar refractivity (Wildman–Crippen MR) is 119 cm³/mol. The molecule has 1 aromatic heterocycles. The summed E-state index contributed by atoms with van der Waals surface area (Å²) < 4.78 is 1.23. The number of para-hydroxylation sites is 1. The molecule has 1 saturated heterocycles. The number of fused-ring (bicyclic) bond motifs is 1. The van der Waals surface area contributed by atoms with Gasteiger partial charge in [0, 0.05) is 12.5 Å². The van der Waals surface area contributed by atoms with Gasteiger partial charge in [0.05, 0.1) is 21.3 Å². The molecule has 0 saturated carbocycles. The molecular weight excluding hydrogens is 396 g/mol. The van der Waals surface area contributed by atoms with Crippen molar-refractivity contribution < 1.29 is 9.59 Å². The average Bonchev–Trinajstić information content (AvgIpc) is 3.22. The van der Waals surface area contributed by atoms with Crippen LogP contribution in [0.4, 0.5) is 4.79 Å². The van der Waals surface area contributed by atoms with Crippen LogP contribution in [0.15, 0.2) is 54.6 Å². The third-order valence-electron chi connectivity index (χ3n) is 5.65. The number of piperidine rings is 1. The van der Waals surface area contributed by atoms with E-state index in [1.54, 1.807) is 11.3 Å². The lowest BCUT2D eigenvalue weighted by molar-refractivity contribution is -0.125. The van der Waals surface area contributed by atoms with E-state index in [1.807, 2.05) is 49.4 Å². The van der Waals surface area contributed by atoms with Crippen molar-refractivity contribution in [3.63, 3.8) is 0 Å². The van der Waals surface area contributed by atoms with E-state index in [1.165, 1.54) is 9.71 Å². The topological polar surface area (TPSA) is 74.3 Å². The van der Waals surface area contributed by atoms with E-state index in [4.69, 9.17) is 4.98 Å². The Labute approximate surface area is 180 Å². The van der Waals surface area contributed by atoms with Crippen molar-refractivity contribution in [2.75, 3.05) is 13.1 Å². The normalized spacial score (nSPS) is 16.3. The van der Waals surface area contributed by atoms with Crippen molar-refractivity contribution in [1.82, 2.24) is 20.5 Å². The Balaban J connectivity index is 1.25. The van der Waals surface area contributed by atoms with Gasteiger partial charge in [-0.1, -0.05) is 42.5 Å². The maximum Gasteiger partial charge on any atom is 0.321 e. The molecule has 4 rings (SSSR count). The van der Waals surface area contributed by atoms with Crippen molar-refractivity contribution in [2.45, 2.75) is 38.3 Å². The van der Waals surface area contributed by atoms with Crippen molar-refractivity contribution in [3.05, 3.63) is 65.2 Å². The number of aromatic nitrogens is 1. The molecule has 156 valence electrons. The fourth-order valence-electron chi connectivity index (χ4n) is 3.80. The smallest absolute Gasteiger partial charge is 0.321 e. The summed E-state index contributed by atoms with van der Waals surface area (Å²) in [6, 6.07) is 17.0. The molecule has 1 aliphatic heterocycles. The van der Waals surface area contributed by atoms with Gasteiger partial charge >= 0.3 is 6.03 Å². The van der Waals surface area contributed by atoms with Crippen LogP contribution in [0.25, 0.3) is 10.2 Å². The molecule has 0 spiro atoms. The van der Waals surface area contributed by atoms with Crippen LogP contribution in [0.2, 0.25) is 0 Å². The van der Waals surface area contributed by atoms with Crippen LogP contribution in [0.3, 0.4) is 0 Å². The summed E-state index contributed by atoms with van der Waals surface area (Å²) in [7, 11) is 0. The fourth-order valence-corrected chi connectivity index (χ4v) is 4.94. The van der Waals surface area contributed by atoms with E-state index < -0.39 is 6.03 Å². The summed E-state index contributed by atoms with van der Waals surface area (Å²) in [4.78, 5) is 31.5. The first kappa shape index (κ1) is 20.5. The van der Waals surface area contributed by atoms with Crippen molar-refractivity contribution in [2.24, 2.45) is 0 Å². The number of amides is 3.